The van der Waals surface area contributed by atoms with Crippen molar-refractivity contribution in [2.24, 2.45) is 0 Å². The maximum atomic E-state index is 10.8. The first-order valence-electron chi connectivity index (χ1n) is 9.36. The van der Waals surface area contributed by atoms with Gasteiger partial charge in [0.25, 0.3) is 0 Å². The van der Waals surface area contributed by atoms with E-state index >= 15 is 0 Å². The van der Waals surface area contributed by atoms with Crippen molar-refractivity contribution >= 4 is 16.3 Å². The quantitative estimate of drug-likeness (QED) is 0.718. The van der Waals surface area contributed by atoms with E-state index in [2.05, 4.69) is 15.0 Å². The summed E-state index contributed by atoms with van der Waals surface area (Å²) in [4.78, 5) is 8.12. The third-order valence-corrected chi connectivity index (χ3v) is 6.64. The number of fused-ring (bicyclic) bond motifs is 1. The van der Waals surface area contributed by atoms with Gasteiger partial charge in [-0.1, -0.05) is 23.5 Å². The number of benzene rings is 1. The Morgan fingerprint density at radius 3 is 2.54 bits per heavy atom. The fraction of sp³-hybridized carbons (Fsp3) is 0.474. The van der Waals surface area contributed by atoms with Crippen molar-refractivity contribution in [3.8, 4) is 11.6 Å². The van der Waals surface area contributed by atoms with Crippen molar-refractivity contribution in [1.29, 1.82) is 0 Å². The van der Waals surface area contributed by atoms with E-state index in [0.717, 1.165) is 42.1 Å². The normalized spacial score (nSPS) is 20.8. The molecule has 0 radical (unpaired) electrons. The third kappa shape index (κ3) is 2.95. The van der Waals surface area contributed by atoms with E-state index in [-0.39, 0.29) is 11.9 Å². The monoisotopic (exact) mass is 402 g/mol. The molecule has 1 spiro atoms. The third-order valence-electron chi connectivity index (χ3n) is 5.56. The average Bonchev–Trinajstić information content (AvgIpc) is 3.44. The van der Waals surface area contributed by atoms with E-state index in [0.29, 0.717) is 18.2 Å². The number of ether oxygens (including phenoxy) is 3. The van der Waals surface area contributed by atoms with Gasteiger partial charge < -0.3 is 19.3 Å². The minimum Gasteiger partial charge on any atom is -0.497 e. The zero-order valence-corrected chi connectivity index (χ0v) is 16.4. The largest absolute Gasteiger partial charge is 0.497 e. The maximum Gasteiger partial charge on any atom is 0.230 e. The first-order valence-corrected chi connectivity index (χ1v) is 10.2. The molecule has 1 atom stereocenters. The van der Waals surface area contributed by atoms with Crippen LogP contribution >= 0.6 is 11.3 Å². The SMILES string of the molecule is COc1ccc([C@H](c2sc3ncnn3c2O)N2CCC3(CC2)OCCO3)cc1. The lowest BCUT2D eigenvalue weighted by Crippen LogP contribution is -2.46. The minimum atomic E-state index is -0.436. The molecular weight excluding hydrogens is 380 g/mol. The molecule has 8 nitrogen and oxygen atoms in total. The van der Waals surface area contributed by atoms with Gasteiger partial charge in [-0.25, -0.2) is 4.98 Å². The van der Waals surface area contributed by atoms with Crippen LogP contribution < -0.4 is 4.74 Å². The smallest absolute Gasteiger partial charge is 0.230 e. The lowest BCUT2D eigenvalue weighted by atomic mass is 9.97. The standard InChI is InChI=1S/C19H22N4O4S/c1-25-14-4-2-13(3-5-14)15(16-17(24)23-18(28-16)20-12-21-23)22-8-6-19(7-9-22)26-10-11-27-19/h2-5,12,15,24H,6-11H2,1H3/t15-/m1/s1. The highest BCUT2D eigenvalue weighted by molar-refractivity contribution is 7.17. The molecule has 5 rings (SSSR count). The molecule has 2 aliphatic heterocycles. The zero-order chi connectivity index (χ0) is 19.1. The van der Waals surface area contributed by atoms with Gasteiger partial charge in [0.1, 0.15) is 12.1 Å². The molecule has 3 aromatic rings. The van der Waals surface area contributed by atoms with Crippen molar-refractivity contribution in [3.05, 3.63) is 41.0 Å². The number of nitrogens with zero attached hydrogens (tertiary/aromatic N) is 4. The van der Waals surface area contributed by atoms with Crippen LogP contribution in [0.25, 0.3) is 4.96 Å². The fourth-order valence-corrected chi connectivity index (χ4v) is 5.19. The molecule has 1 aromatic carbocycles. The zero-order valence-electron chi connectivity index (χ0n) is 15.6. The van der Waals surface area contributed by atoms with E-state index < -0.39 is 5.79 Å². The van der Waals surface area contributed by atoms with Crippen molar-refractivity contribution in [1.82, 2.24) is 19.5 Å². The molecule has 2 aliphatic rings. The number of hydrogen-bond donors (Lipinski definition) is 1. The molecule has 0 unspecified atom stereocenters. The van der Waals surface area contributed by atoms with E-state index in [1.54, 1.807) is 7.11 Å². The number of piperidine rings is 1. The highest BCUT2D eigenvalue weighted by atomic mass is 32.1. The second-order valence-electron chi connectivity index (χ2n) is 7.06. The van der Waals surface area contributed by atoms with Gasteiger partial charge in [-0.15, -0.1) is 0 Å². The summed E-state index contributed by atoms with van der Waals surface area (Å²) in [6.07, 6.45) is 3.07. The van der Waals surface area contributed by atoms with Crippen LogP contribution in [0, 0.1) is 0 Å². The van der Waals surface area contributed by atoms with Crippen LogP contribution in [0.5, 0.6) is 11.6 Å². The van der Waals surface area contributed by atoms with Crippen molar-refractivity contribution in [2.45, 2.75) is 24.7 Å². The molecule has 2 saturated heterocycles. The van der Waals surface area contributed by atoms with E-state index in [1.807, 2.05) is 24.3 Å². The van der Waals surface area contributed by atoms with E-state index in [4.69, 9.17) is 14.2 Å². The fourth-order valence-electron chi connectivity index (χ4n) is 4.10. The summed E-state index contributed by atoms with van der Waals surface area (Å²) in [5, 5.41) is 14.9. The molecule has 9 heteroatoms. The van der Waals surface area contributed by atoms with Gasteiger partial charge in [0.05, 0.1) is 31.2 Å². The van der Waals surface area contributed by atoms with Crippen LogP contribution in [-0.2, 0) is 9.47 Å². The van der Waals surface area contributed by atoms with Crippen molar-refractivity contribution < 1.29 is 19.3 Å². The van der Waals surface area contributed by atoms with Crippen LogP contribution in [0.4, 0.5) is 0 Å². The van der Waals surface area contributed by atoms with Crippen LogP contribution in [0.1, 0.15) is 29.3 Å². The Balaban J connectivity index is 1.51. The van der Waals surface area contributed by atoms with Gasteiger partial charge in [0, 0.05) is 25.9 Å². The second kappa shape index (κ2) is 7.00. The molecule has 0 bridgehead atoms. The predicted octanol–water partition coefficient (Wildman–Crippen LogP) is 2.43. The molecule has 1 N–H and O–H groups in total. The summed E-state index contributed by atoms with van der Waals surface area (Å²) in [5.74, 6) is 0.515. The Labute approximate surface area is 166 Å². The van der Waals surface area contributed by atoms with Crippen LogP contribution in [0.3, 0.4) is 0 Å². The molecule has 0 aliphatic carbocycles. The Morgan fingerprint density at radius 2 is 1.89 bits per heavy atom. The molecule has 148 valence electrons. The second-order valence-corrected chi connectivity index (χ2v) is 8.07. The molecule has 0 amide bonds. The number of rotatable bonds is 4. The van der Waals surface area contributed by atoms with Crippen LogP contribution in [0.15, 0.2) is 30.6 Å². The molecule has 28 heavy (non-hydrogen) atoms. The lowest BCUT2D eigenvalue weighted by Gasteiger charge is -2.41. The molecule has 2 fully saturated rings. The minimum absolute atomic E-state index is 0.0989. The Hall–Kier alpha value is -2.20. The molecular formula is C19H22N4O4S. The number of hydrogen-bond acceptors (Lipinski definition) is 8. The van der Waals surface area contributed by atoms with Gasteiger partial charge in [0.15, 0.2) is 5.79 Å². The number of aromatic nitrogens is 3. The van der Waals surface area contributed by atoms with Crippen molar-refractivity contribution in [2.75, 3.05) is 33.4 Å². The highest BCUT2D eigenvalue weighted by Crippen LogP contribution is 2.42. The Bertz CT molecular complexity index is 954. The number of methoxy groups -OCH3 is 1. The van der Waals surface area contributed by atoms with Gasteiger partial charge in [-0.2, -0.15) is 9.61 Å². The maximum absolute atomic E-state index is 10.8. The first-order chi connectivity index (χ1) is 13.7. The van der Waals surface area contributed by atoms with Crippen molar-refractivity contribution in [3.63, 3.8) is 0 Å². The highest BCUT2D eigenvalue weighted by Gasteiger charge is 2.42. The van der Waals surface area contributed by atoms with E-state index in [1.165, 1.54) is 22.2 Å². The summed E-state index contributed by atoms with van der Waals surface area (Å²) in [5.41, 5.74) is 1.09. The molecule has 0 saturated carbocycles. The van der Waals surface area contributed by atoms with Gasteiger partial charge in [-0.3, -0.25) is 4.90 Å². The van der Waals surface area contributed by atoms with Gasteiger partial charge in [0.2, 0.25) is 10.8 Å². The van der Waals surface area contributed by atoms with Gasteiger partial charge >= 0.3 is 0 Å². The van der Waals surface area contributed by atoms with Gasteiger partial charge in [-0.05, 0) is 17.7 Å². The summed E-state index contributed by atoms with van der Waals surface area (Å²) < 4.78 is 18.5. The summed E-state index contributed by atoms with van der Waals surface area (Å²) in [6.45, 7) is 2.94. The molecule has 4 heterocycles. The topological polar surface area (TPSA) is 81.4 Å². The molecule has 2 aromatic heterocycles. The van der Waals surface area contributed by atoms with Crippen LogP contribution in [-0.4, -0.2) is 63.8 Å². The number of thiazole rings is 1. The summed E-state index contributed by atoms with van der Waals surface area (Å²) in [7, 11) is 1.66. The predicted molar refractivity (Wildman–Crippen MR) is 103 cm³/mol. The Morgan fingerprint density at radius 1 is 1.18 bits per heavy atom. The summed E-state index contributed by atoms with van der Waals surface area (Å²) >= 11 is 1.46. The van der Waals surface area contributed by atoms with Crippen LogP contribution in [0.2, 0.25) is 0 Å². The number of likely N-dealkylation sites (tertiary alicyclic amines) is 1. The first kappa shape index (κ1) is 17.9. The average molecular weight is 402 g/mol. The number of aromatic hydroxyl groups is 1. The lowest BCUT2D eigenvalue weighted by molar-refractivity contribution is -0.187. The summed E-state index contributed by atoms with van der Waals surface area (Å²) in [6, 6.07) is 7.89. The van der Waals surface area contributed by atoms with E-state index in [9.17, 15) is 5.11 Å². The Kier molecular flexibility index (Phi) is 4.47.